The lowest BCUT2D eigenvalue weighted by atomic mass is 9.65. The van der Waals surface area contributed by atoms with Gasteiger partial charge in [-0.05, 0) is 46.5 Å². The Morgan fingerprint density at radius 1 is 0.400 bits per heavy atom. The molecule has 0 fully saturated rings. The largest absolute Gasteiger partial charge is 0.143 e. The van der Waals surface area contributed by atoms with Crippen LogP contribution in [0.3, 0.4) is 0 Å². The van der Waals surface area contributed by atoms with Gasteiger partial charge in [0.1, 0.15) is 0 Å². The summed E-state index contributed by atoms with van der Waals surface area (Å²) >= 11 is 9.18. The molecule has 4 heteroatoms. The van der Waals surface area contributed by atoms with Crippen LogP contribution < -0.4 is 10.4 Å². The van der Waals surface area contributed by atoms with Crippen LogP contribution in [-0.4, -0.2) is 16.1 Å². The van der Waals surface area contributed by atoms with Gasteiger partial charge in [-0.3, -0.25) is 0 Å². The van der Waals surface area contributed by atoms with Crippen LogP contribution in [0.1, 0.15) is 22.3 Å². The number of benzene rings is 4. The van der Waals surface area contributed by atoms with E-state index in [0.29, 0.717) is 0 Å². The molecule has 0 unspecified atom stereocenters. The monoisotopic (exact) mass is 528 g/mol. The topological polar surface area (TPSA) is 0 Å². The van der Waals surface area contributed by atoms with Crippen molar-refractivity contribution in [2.24, 2.45) is 0 Å². The van der Waals surface area contributed by atoms with E-state index in [1.54, 1.807) is 0 Å². The van der Waals surface area contributed by atoms with Gasteiger partial charge in [-0.1, -0.05) is 122 Å². The van der Waals surface area contributed by atoms with Crippen LogP contribution in [0.25, 0.3) is 0 Å². The minimum Gasteiger partial charge on any atom is -0.143 e. The van der Waals surface area contributed by atoms with E-state index in [-0.39, 0.29) is 0 Å². The molecule has 180 valence electrons. The van der Waals surface area contributed by atoms with Crippen molar-refractivity contribution >= 4 is 51.8 Å². The number of hydrogen-bond acceptors (Lipinski definition) is 2. The van der Waals surface area contributed by atoms with Crippen molar-refractivity contribution in [3.63, 3.8) is 0 Å². The summed E-state index contributed by atoms with van der Waals surface area (Å²) in [6.45, 7) is 14.4. The molecule has 4 aromatic carbocycles. The van der Waals surface area contributed by atoms with Gasteiger partial charge in [0.2, 0.25) is 0 Å². The summed E-state index contributed by atoms with van der Waals surface area (Å²) in [5, 5.41) is 2.95. The summed E-state index contributed by atoms with van der Waals surface area (Å²) in [6.07, 6.45) is 0. The van der Waals surface area contributed by atoms with E-state index >= 15 is 0 Å². The number of thiol groups is 2. The van der Waals surface area contributed by atoms with Crippen LogP contribution in [0.15, 0.2) is 107 Å². The molecule has 0 nitrogen and oxygen atoms in total. The van der Waals surface area contributed by atoms with Gasteiger partial charge in [-0.25, -0.2) is 0 Å². The van der Waals surface area contributed by atoms with Crippen LogP contribution in [0.2, 0.25) is 39.3 Å². The molecule has 0 saturated carbocycles. The second kappa shape index (κ2) is 9.81. The standard InChI is InChI=1S/C31H36S2Si2/c1-34(2,3)29-19-11-25(12-20-29)31(23-7-15-27(32)16-8-23,24-9-17-28(33)18-10-24)26-13-21-30(22-14-26)35(4,5)6/h7-22,32-33H,1-6H3. The Morgan fingerprint density at radius 3 is 0.857 bits per heavy atom. The highest BCUT2D eigenvalue weighted by atomic mass is 32.1. The van der Waals surface area contributed by atoms with E-state index in [1.807, 2.05) is 0 Å². The lowest BCUT2D eigenvalue weighted by molar-refractivity contribution is 0.743. The molecule has 0 amide bonds. The summed E-state index contributed by atoms with van der Waals surface area (Å²) in [6, 6.07) is 36.2. The smallest absolute Gasteiger partial charge is 0.0775 e. The molecule has 4 aromatic rings. The minimum absolute atomic E-state index is 0.446. The average Bonchev–Trinajstić information content (AvgIpc) is 2.81. The molecule has 0 spiro atoms. The molecule has 0 aliphatic rings. The van der Waals surface area contributed by atoms with Gasteiger partial charge < -0.3 is 0 Å². The van der Waals surface area contributed by atoms with Gasteiger partial charge in [0.05, 0.1) is 21.6 Å². The minimum atomic E-state index is -1.41. The zero-order chi connectivity index (χ0) is 25.4. The molecule has 0 N–H and O–H groups in total. The highest BCUT2D eigenvalue weighted by Gasteiger charge is 2.39. The summed E-state index contributed by atoms with van der Waals surface area (Å²) in [5.74, 6) is 0. The summed E-state index contributed by atoms with van der Waals surface area (Å²) in [7, 11) is -2.82. The van der Waals surface area contributed by atoms with Crippen LogP contribution >= 0.6 is 25.3 Å². The maximum atomic E-state index is 4.59. The van der Waals surface area contributed by atoms with Gasteiger partial charge in [0.25, 0.3) is 0 Å². The van der Waals surface area contributed by atoms with Crippen molar-refractivity contribution in [3.05, 3.63) is 119 Å². The van der Waals surface area contributed by atoms with Crippen LogP contribution in [0.4, 0.5) is 0 Å². The zero-order valence-corrected chi connectivity index (χ0v) is 25.4. The molecule has 0 saturated heterocycles. The van der Waals surface area contributed by atoms with E-state index in [1.165, 1.54) is 32.6 Å². The summed E-state index contributed by atoms with van der Waals surface area (Å²) in [5.41, 5.74) is 4.59. The fourth-order valence-electron chi connectivity index (χ4n) is 4.86. The fraction of sp³-hybridized carbons (Fsp3) is 0.226. The molecular weight excluding hydrogens is 493 g/mol. The van der Waals surface area contributed by atoms with E-state index in [2.05, 4.69) is 162 Å². The van der Waals surface area contributed by atoms with Crippen LogP contribution in [0.5, 0.6) is 0 Å². The first kappa shape index (κ1) is 26.1. The molecule has 35 heavy (non-hydrogen) atoms. The Morgan fingerprint density at radius 2 is 0.629 bits per heavy atom. The molecule has 0 atom stereocenters. The zero-order valence-electron chi connectivity index (χ0n) is 21.6. The van der Waals surface area contributed by atoms with E-state index in [0.717, 1.165) is 9.79 Å². The lowest BCUT2D eigenvalue weighted by Crippen LogP contribution is -2.39. The first-order valence-corrected chi connectivity index (χ1v) is 20.1. The van der Waals surface area contributed by atoms with Gasteiger partial charge in [0.15, 0.2) is 0 Å². The fourth-order valence-corrected chi connectivity index (χ4v) is 7.49. The molecular formula is C31H36S2Si2. The van der Waals surface area contributed by atoms with Gasteiger partial charge in [-0.2, -0.15) is 0 Å². The maximum Gasteiger partial charge on any atom is 0.0775 e. The predicted molar refractivity (Wildman–Crippen MR) is 165 cm³/mol. The third-order valence-corrected chi connectivity index (χ3v) is 11.7. The van der Waals surface area contributed by atoms with Crippen molar-refractivity contribution in [3.8, 4) is 0 Å². The Bertz CT molecular complexity index is 1170. The highest BCUT2D eigenvalue weighted by Crippen LogP contribution is 2.45. The van der Waals surface area contributed by atoms with Gasteiger partial charge >= 0.3 is 0 Å². The molecule has 0 aliphatic heterocycles. The van der Waals surface area contributed by atoms with Crippen LogP contribution in [-0.2, 0) is 5.41 Å². The van der Waals surface area contributed by atoms with Crippen molar-refractivity contribution in [2.45, 2.75) is 54.5 Å². The van der Waals surface area contributed by atoms with Crippen molar-refractivity contribution in [1.82, 2.24) is 0 Å². The second-order valence-electron chi connectivity index (χ2n) is 11.5. The Balaban J connectivity index is 2.07. The third-order valence-electron chi connectivity index (χ3n) is 6.97. The van der Waals surface area contributed by atoms with E-state index in [9.17, 15) is 0 Å². The Kier molecular flexibility index (Phi) is 7.32. The Hall–Kier alpha value is -1.99. The molecule has 0 aliphatic carbocycles. The quantitative estimate of drug-likeness (QED) is 0.143. The van der Waals surface area contributed by atoms with Crippen LogP contribution in [0, 0.1) is 0 Å². The third kappa shape index (κ3) is 5.26. The number of hydrogen-bond donors (Lipinski definition) is 2. The first-order chi connectivity index (χ1) is 16.4. The highest BCUT2D eigenvalue weighted by molar-refractivity contribution is 7.80. The molecule has 0 aromatic heterocycles. The van der Waals surface area contributed by atoms with E-state index < -0.39 is 21.6 Å². The van der Waals surface area contributed by atoms with Crippen molar-refractivity contribution < 1.29 is 0 Å². The average molecular weight is 529 g/mol. The van der Waals surface area contributed by atoms with Gasteiger partial charge in [-0.15, -0.1) is 25.3 Å². The molecule has 0 bridgehead atoms. The SMILES string of the molecule is C[Si](C)(C)c1ccc(C(c2ccc(S)cc2)(c2ccc(S)cc2)c2ccc([Si](C)(C)C)cc2)cc1. The van der Waals surface area contributed by atoms with Crippen molar-refractivity contribution in [2.75, 3.05) is 0 Å². The number of rotatable bonds is 6. The van der Waals surface area contributed by atoms with Gasteiger partial charge in [0, 0.05) is 9.79 Å². The maximum absolute atomic E-state index is 4.59. The molecule has 0 heterocycles. The molecule has 0 radical (unpaired) electrons. The predicted octanol–water partition coefficient (Wildman–Crippen LogP) is 7.74. The summed E-state index contributed by atoms with van der Waals surface area (Å²) in [4.78, 5) is 1.94. The normalized spacial score (nSPS) is 12.6. The Labute approximate surface area is 224 Å². The molecule has 4 rings (SSSR count). The van der Waals surface area contributed by atoms with E-state index in [4.69, 9.17) is 0 Å². The summed E-state index contributed by atoms with van der Waals surface area (Å²) < 4.78 is 0. The van der Waals surface area contributed by atoms with Crippen molar-refractivity contribution in [1.29, 1.82) is 0 Å². The first-order valence-electron chi connectivity index (χ1n) is 12.2. The second-order valence-corrected chi connectivity index (χ2v) is 22.7. The lowest BCUT2D eigenvalue weighted by Gasteiger charge is -2.37.